The molecule has 0 aromatic heterocycles. The zero-order chi connectivity index (χ0) is 15.1. The molecule has 21 heavy (non-hydrogen) atoms. The van der Waals surface area contributed by atoms with Gasteiger partial charge in [-0.15, -0.1) is 0 Å². The monoisotopic (exact) mass is 290 g/mol. The Morgan fingerprint density at radius 1 is 1.19 bits per heavy atom. The molecule has 1 fully saturated rings. The number of esters is 1. The van der Waals surface area contributed by atoms with Gasteiger partial charge in [-0.05, 0) is 12.6 Å². The van der Waals surface area contributed by atoms with Crippen LogP contribution in [0.5, 0.6) is 0 Å². The van der Waals surface area contributed by atoms with Gasteiger partial charge in [0.05, 0.1) is 0 Å². The van der Waals surface area contributed by atoms with Crippen molar-refractivity contribution in [2.45, 2.75) is 25.9 Å². The van der Waals surface area contributed by atoms with Gasteiger partial charge in [-0.1, -0.05) is 37.3 Å². The van der Waals surface area contributed by atoms with Gasteiger partial charge >= 0.3 is 5.97 Å². The molecule has 1 aromatic carbocycles. The molecule has 1 unspecified atom stereocenters. The minimum atomic E-state index is -0.127. The van der Waals surface area contributed by atoms with E-state index in [1.54, 1.807) is 0 Å². The van der Waals surface area contributed by atoms with E-state index in [4.69, 9.17) is 4.74 Å². The van der Waals surface area contributed by atoms with Gasteiger partial charge < -0.3 is 14.5 Å². The molecule has 0 aliphatic carbocycles. The van der Waals surface area contributed by atoms with E-state index >= 15 is 0 Å². The standard InChI is InChI=1S/C17H26N2O2/c1-3-17(20)21-16(15-7-5-4-6-8-15)9-10-19-13-11-18(2)12-14-19/h4-8,16H,3,9-14H2,1-2H3. The number of carbonyl (C=O) groups is 1. The lowest BCUT2D eigenvalue weighted by atomic mass is 10.1. The molecule has 1 aromatic rings. The number of benzene rings is 1. The topological polar surface area (TPSA) is 32.8 Å². The van der Waals surface area contributed by atoms with Gasteiger partial charge in [-0.3, -0.25) is 4.79 Å². The molecular weight excluding hydrogens is 264 g/mol. The van der Waals surface area contributed by atoms with Crippen molar-refractivity contribution in [2.24, 2.45) is 0 Å². The van der Waals surface area contributed by atoms with Crippen molar-refractivity contribution in [1.82, 2.24) is 9.80 Å². The zero-order valence-corrected chi connectivity index (χ0v) is 13.1. The summed E-state index contributed by atoms with van der Waals surface area (Å²) in [6, 6.07) is 10.1. The number of likely N-dealkylation sites (N-methyl/N-ethyl adjacent to an activating group) is 1. The Bertz CT molecular complexity index is 428. The van der Waals surface area contributed by atoms with Crippen LogP contribution in [0.25, 0.3) is 0 Å². The molecule has 0 bridgehead atoms. The van der Waals surface area contributed by atoms with Crippen molar-refractivity contribution in [1.29, 1.82) is 0 Å². The minimum absolute atomic E-state index is 0.123. The van der Waals surface area contributed by atoms with E-state index in [2.05, 4.69) is 16.8 Å². The Hall–Kier alpha value is -1.39. The van der Waals surface area contributed by atoms with E-state index in [9.17, 15) is 4.79 Å². The third-order valence-corrected chi connectivity index (χ3v) is 4.04. The van der Waals surface area contributed by atoms with E-state index < -0.39 is 0 Å². The van der Waals surface area contributed by atoms with E-state index in [1.165, 1.54) is 0 Å². The number of nitrogens with zero attached hydrogens (tertiary/aromatic N) is 2. The van der Waals surface area contributed by atoms with Crippen molar-refractivity contribution < 1.29 is 9.53 Å². The number of rotatable bonds is 6. The molecule has 1 atom stereocenters. The van der Waals surface area contributed by atoms with Crippen LogP contribution in [0.4, 0.5) is 0 Å². The Labute approximate surface area is 127 Å². The largest absolute Gasteiger partial charge is 0.457 e. The summed E-state index contributed by atoms with van der Waals surface area (Å²) in [7, 11) is 2.16. The second-order valence-corrected chi connectivity index (χ2v) is 5.68. The molecule has 0 saturated carbocycles. The normalized spacial score (nSPS) is 18.4. The summed E-state index contributed by atoms with van der Waals surface area (Å²) in [6.07, 6.45) is 1.16. The molecule has 1 aliphatic rings. The maximum atomic E-state index is 11.6. The summed E-state index contributed by atoms with van der Waals surface area (Å²) in [5.41, 5.74) is 1.09. The molecule has 0 N–H and O–H groups in total. The van der Waals surface area contributed by atoms with Crippen LogP contribution in [0.1, 0.15) is 31.4 Å². The van der Waals surface area contributed by atoms with E-state index in [-0.39, 0.29) is 12.1 Å². The summed E-state index contributed by atoms with van der Waals surface area (Å²) in [6.45, 7) is 7.24. The maximum absolute atomic E-state index is 11.6. The average Bonchev–Trinajstić information content (AvgIpc) is 2.53. The molecular formula is C17H26N2O2. The van der Waals surface area contributed by atoms with Crippen LogP contribution in [0.2, 0.25) is 0 Å². The van der Waals surface area contributed by atoms with Gasteiger partial charge in [-0.2, -0.15) is 0 Å². The lowest BCUT2D eigenvalue weighted by molar-refractivity contribution is -0.149. The molecule has 0 amide bonds. The van der Waals surface area contributed by atoms with E-state index in [0.29, 0.717) is 6.42 Å². The summed E-state index contributed by atoms with van der Waals surface area (Å²) in [4.78, 5) is 16.5. The molecule has 4 nitrogen and oxygen atoms in total. The van der Waals surface area contributed by atoms with Crippen molar-refractivity contribution >= 4 is 5.97 Å². The fraction of sp³-hybridized carbons (Fsp3) is 0.588. The van der Waals surface area contributed by atoms with Crippen LogP contribution < -0.4 is 0 Å². The molecule has 0 spiro atoms. The fourth-order valence-corrected chi connectivity index (χ4v) is 2.57. The highest BCUT2D eigenvalue weighted by molar-refractivity contribution is 5.69. The maximum Gasteiger partial charge on any atom is 0.306 e. The molecule has 116 valence electrons. The van der Waals surface area contributed by atoms with Crippen LogP contribution in [0, 0.1) is 0 Å². The third-order valence-electron chi connectivity index (χ3n) is 4.04. The van der Waals surface area contributed by atoms with Gasteiger partial charge in [-0.25, -0.2) is 0 Å². The zero-order valence-electron chi connectivity index (χ0n) is 13.1. The predicted molar refractivity (Wildman–Crippen MR) is 84.1 cm³/mol. The van der Waals surface area contributed by atoms with Crippen LogP contribution in [-0.4, -0.2) is 55.5 Å². The molecule has 4 heteroatoms. The second kappa shape index (κ2) is 8.15. The van der Waals surface area contributed by atoms with Crippen LogP contribution >= 0.6 is 0 Å². The number of piperazine rings is 1. The summed E-state index contributed by atoms with van der Waals surface area (Å²) >= 11 is 0. The summed E-state index contributed by atoms with van der Waals surface area (Å²) in [5.74, 6) is -0.123. The van der Waals surface area contributed by atoms with Gasteiger partial charge in [0.25, 0.3) is 0 Å². The second-order valence-electron chi connectivity index (χ2n) is 5.68. The van der Waals surface area contributed by atoms with Crippen LogP contribution in [0.3, 0.4) is 0 Å². The average molecular weight is 290 g/mol. The predicted octanol–water partition coefficient (Wildman–Crippen LogP) is 2.32. The van der Waals surface area contributed by atoms with Crippen molar-refractivity contribution in [3.63, 3.8) is 0 Å². The van der Waals surface area contributed by atoms with Gasteiger partial charge in [0.15, 0.2) is 0 Å². The molecule has 1 aliphatic heterocycles. The first kappa shape index (κ1) is 16.0. The number of hydrogen-bond donors (Lipinski definition) is 0. The Morgan fingerprint density at radius 3 is 2.48 bits per heavy atom. The smallest absolute Gasteiger partial charge is 0.306 e. The molecule has 1 heterocycles. The highest BCUT2D eigenvalue weighted by Gasteiger charge is 2.19. The molecule has 1 saturated heterocycles. The van der Waals surface area contributed by atoms with Crippen molar-refractivity contribution in [2.75, 3.05) is 39.8 Å². The summed E-state index contributed by atoms with van der Waals surface area (Å²) < 4.78 is 5.62. The third kappa shape index (κ3) is 5.14. The Balaban J connectivity index is 1.91. The van der Waals surface area contributed by atoms with E-state index in [0.717, 1.165) is 44.7 Å². The summed E-state index contributed by atoms with van der Waals surface area (Å²) in [5, 5.41) is 0. The van der Waals surface area contributed by atoms with E-state index in [1.807, 2.05) is 37.3 Å². The van der Waals surface area contributed by atoms with Crippen LogP contribution in [-0.2, 0) is 9.53 Å². The lowest BCUT2D eigenvalue weighted by Crippen LogP contribution is -2.45. The SMILES string of the molecule is CCC(=O)OC(CCN1CCN(C)CC1)c1ccccc1. The molecule has 2 rings (SSSR count). The highest BCUT2D eigenvalue weighted by Crippen LogP contribution is 2.22. The first-order valence-corrected chi connectivity index (χ1v) is 7.84. The fourth-order valence-electron chi connectivity index (χ4n) is 2.57. The quantitative estimate of drug-likeness (QED) is 0.753. The van der Waals surface area contributed by atoms with Gasteiger partial charge in [0.2, 0.25) is 0 Å². The number of carbonyl (C=O) groups excluding carboxylic acids is 1. The number of hydrogen-bond acceptors (Lipinski definition) is 4. The molecule has 0 radical (unpaired) electrons. The van der Waals surface area contributed by atoms with Gasteiger partial charge in [0, 0.05) is 45.6 Å². The first-order valence-electron chi connectivity index (χ1n) is 7.84. The highest BCUT2D eigenvalue weighted by atomic mass is 16.5. The van der Waals surface area contributed by atoms with Crippen molar-refractivity contribution in [3.05, 3.63) is 35.9 Å². The number of ether oxygens (including phenoxy) is 1. The van der Waals surface area contributed by atoms with Crippen molar-refractivity contribution in [3.8, 4) is 0 Å². The minimum Gasteiger partial charge on any atom is -0.457 e. The Kier molecular flexibility index (Phi) is 6.21. The first-order chi connectivity index (χ1) is 10.2. The van der Waals surface area contributed by atoms with Crippen LogP contribution in [0.15, 0.2) is 30.3 Å². The lowest BCUT2D eigenvalue weighted by Gasteiger charge is -2.33. The van der Waals surface area contributed by atoms with Gasteiger partial charge in [0.1, 0.15) is 6.10 Å². The Morgan fingerprint density at radius 2 is 1.86 bits per heavy atom.